The molecule has 1 aliphatic heterocycles. The van der Waals surface area contributed by atoms with E-state index in [4.69, 9.17) is 5.26 Å². The number of halogens is 3. The highest BCUT2D eigenvalue weighted by atomic mass is 32.2. The fourth-order valence-corrected chi connectivity index (χ4v) is 4.43. The van der Waals surface area contributed by atoms with E-state index in [1.807, 2.05) is 42.5 Å². The second kappa shape index (κ2) is 7.76. The predicted octanol–water partition coefficient (Wildman–Crippen LogP) is 6.93. The first-order valence-electron chi connectivity index (χ1n) is 8.95. The Kier molecular flexibility index (Phi) is 5.16. The molecule has 0 aromatic heterocycles. The molecule has 2 nitrogen and oxygen atoms in total. The average Bonchev–Trinajstić information content (AvgIpc) is 2.93. The lowest BCUT2D eigenvalue weighted by molar-refractivity contribution is -0.137. The minimum absolute atomic E-state index is 0.0281. The van der Waals surface area contributed by atoms with Crippen molar-refractivity contribution in [1.29, 1.82) is 5.26 Å². The third-order valence-corrected chi connectivity index (χ3v) is 6.03. The predicted molar refractivity (Wildman–Crippen MR) is 108 cm³/mol. The van der Waals surface area contributed by atoms with Gasteiger partial charge in [0.15, 0.2) is 0 Å². The zero-order valence-corrected chi connectivity index (χ0v) is 16.0. The maximum Gasteiger partial charge on any atom is 0.416 e. The molecule has 0 radical (unpaired) electrons. The number of rotatable bonds is 2. The third kappa shape index (κ3) is 4.20. The SMILES string of the molecule is N#Cc1ccc(C2CC(c3ccccc3)=Nc3cc(C(F)(F)F)ccc3S2)cc1. The van der Waals surface area contributed by atoms with Gasteiger partial charge in [-0.25, -0.2) is 0 Å². The molecule has 144 valence electrons. The molecule has 0 amide bonds. The van der Waals surface area contributed by atoms with E-state index in [-0.39, 0.29) is 5.25 Å². The number of fused-ring (bicyclic) bond motifs is 1. The maximum absolute atomic E-state index is 13.2. The average molecular weight is 408 g/mol. The first-order chi connectivity index (χ1) is 13.9. The van der Waals surface area contributed by atoms with Crippen LogP contribution in [-0.4, -0.2) is 5.71 Å². The van der Waals surface area contributed by atoms with Crippen molar-refractivity contribution in [2.75, 3.05) is 0 Å². The van der Waals surface area contributed by atoms with E-state index in [9.17, 15) is 13.2 Å². The Morgan fingerprint density at radius 3 is 2.34 bits per heavy atom. The second-order valence-corrected chi connectivity index (χ2v) is 7.89. The Morgan fingerprint density at radius 2 is 1.69 bits per heavy atom. The van der Waals surface area contributed by atoms with Crippen LogP contribution in [0, 0.1) is 11.3 Å². The van der Waals surface area contributed by atoms with Crippen molar-refractivity contribution in [3.8, 4) is 6.07 Å². The molecule has 0 N–H and O–H groups in total. The molecule has 0 aliphatic carbocycles. The van der Waals surface area contributed by atoms with Gasteiger partial charge in [-0.3, -0.25) is 4.99 Å². The Morgan fingerprint density at radius 1 is 0.966 bits per heavy atom. The Balaban J connectivity index is 1.81. The van der Waals surface area contributed by atoms with E-state index >= 15 is 0 Å². The smallest absolute Gasteiger partial charge is 0.252 e. The minimum Gasteiger partial charge on any atom is -0.252 e. The van der Waals surface area contributed by atoms with Crippen LogP contribution in [0.5, 0.6) is 0 Å². The van der Waals surface area contributed by atoms with Gasteiger partial charge in [-0.15, -0.1) is 11.8 Å². The van der Waals surface area contributed by atoms with E-state index in [0.29, 0.717) is 22.6 Å². The molecule has 1 aliphatic rings. The van der Waals surface area contributed by atoms with Gasteiger partial charge in [0.25, 0.3) is 0 Å². The molecule has 1 unspecified atom stereocenters. The summed E-state index contributed by atoms with van der Waals surface area (Å²) in [7, 11) is 0. The summed E-state index contributed by atoms with van der Waals surface area (Å²) in [5, 5.41) is 9.00. The van der Waals surface area contributed by atoms with E-state index in [1.165, 1.54) is 17.8 Å². The second-order valence-electron chi connectivity index (χ2n) is 6.65. The van der Waals surface area contributed by atoms with Crippen molar-refractivity contribution in [3.05, 3.63) is 95.1 Å². The highest BCUT2D eigenvalue weighted by molar-refractivity contribution is 7.99. The summed E-state index contributed by atoms with van der Waals surface area (Å²) in [6, 6.07) is 22.6. The molecule has 0 bridgehead atoms. The number of nitriles is 1. The quantitative estimate of drug-likeness (QED) is 0.461. The number of nitrogens with zero attached hydrogens (tertiary/aromatic N) is 2. The lowest BCUT2D eigenvalue weighted by atomic mass is 10.0. The van der Waals surface area contributed by atoms with Crippen LogP contribution in [0.4, 0.5) is 18.9 Å². The summed E-state index contributed by atoms with van der Waals surface area (Å²) in [4.78, 5) is 5.34. The Labute approximate surface area is 170 Å². The van der Waals surface area contributed by atoms with E-state index in [2.05, 4.69) is 11.1 Å². The normalized spacial score (nSPS) is 16.3. The van der Waals surface area contributed by atoms with Gasteiger partial charge in [0, 0.05) is 22.3 Å². The topological polar surface area (TPSA) is 36.1 Å². The van der Waals surface area contributed by atoms with Gasteiger partial charge in [-0.2, -0.15) is 18.4 Å². The first kappa shape index (κ1) is 19.3. The molecule has 1 heterocycles. The summed E-state index contributed by atoms with van der Waals surface area (Å²) in [5.74, 6) is 0. The molecule has 29 heavy (non-hydrogen) atoms. The van der Waals surface area contributed by atoms with Crippen LogP contribution in [0.15, 0.2) is 82.7 Å². The summed E-state index contributed by atoms with van der Waals surface area (Å²) in [6.45, 7) is 0. The summed E-state index contributed by atoms with van der Waals surface area (Å²) >= 11 is 1.50. The Bertz CT molecular complexity index is 1100. The van der Waals surface area contributed by atoms with Crippen LogP contribution in [0.25, 0.3) is 0 Å². The highest BCUT2D eigenvalue weighted by Gasteiger charge is 2.32. The van der Waals surface area contributed by atoms with Crippen LogP contribution in [0.2, 0.25) is 0 Å². The monoisotopic (exact) mass is 408 g/mol. The molecular weight excluding hydrogens is 393 g/mol. The van der Waals surface area contributed by atoms with Crippen molar-refractivity contribution < 1.29 is 13.2 Å². The lowest BCUT2D eigenvalue weighted by Crippen LogP contribution is -2.05. The number of hydrogen-bond acceptors (Lipinski definition) is 3. The maximum atomic E-state index is 13.2. The van der Waals surface area contributed by atoms with Gasteiger partial charge >= 0.3 is 6.18 Å². The van der Waals surface area contributed by atoms with E-state index in [0.717, 1.165) is 29.0 Å². The molecule has 0 saturated heterocycles. The molecule has 4 rings (SSSR count). The minimum atomic E-state index is -4.42. The third-order valence-electron chi connectivity index (χ3n) is 4.71. The Hall–Kier alpha value is -3.04. The zero-order chi connectivity index (χ0) is 20.4. The summed E-state index contributed by atoms with van der Waals surface area (Å²) < 4.78 is 39.6. The van der Waals surface area contributed by atoms with Gasteiger partial charge < -0.3 is 0 Å². The molecule has 6 heteroatoms. The van der Waals surface area contributed by atoms with Gasteiger partial charge in [0.05, 0.1) is 22.9 Å². The molecular formula is C23H15F3N2S. The number of alkyl halides is 3. The number of aliphatic imine (C=N–C) groups is 1. The molecule has 3 aromatic carbocycles. The van der Waals surface area contributed by atoms with Crippen LogP contribution < -0.4 is 0 Å². The van der Waals surface area contributed by atoms with Crippen molar-refractivity contribution in [3.63, 3.8) is 0 Å². The number of hydrogen-bond donors (Lipinski definition) is 0. The fraction of sp³-hybridized carbons (Fsp3) is 0.130. The van der Waals surface area contributed by atoms with Crippen LogP contribution in [-0.2, 0) is 6.18 Å². The highest BCUT2D eigenvalue weighted by Crippen LogP contribution is 2.47. The van der Waals surface area contributed by atoms with Crippen LogP contribution >= 0.6 is 11.8 Å². The number of benzene rings is 3. The fourth-order valence-electron chi connectivity index (χ4n) is 3.21. The zero-order valence-electron chi connectivity index (χ0n) is 15.1. The molecule has 0 saturated carbocycles. The largest absolute Gasteiger partial charge is 0.416 e. The summed E-state index contributed by atoms with van der Waals surface area (Å²) in [5.41, 5.74) is 2.83. The van der Waals surface area contributed by atoms with Crippen LogP contribution in [0.3, 0.4) is 0 Å². The molecule has 1 atom stereocenters. The van der Waals surface area contributed by atoms with Gasteiger partial charge in [0.1, 0.15) is 0 Å². The van der Waals surface area contributed by atoms with Crippen molar-refractivity contribution in [2.45, 2.75) is 22.7 Å². The number of thioether (sulfide) groups is 1. The van der Waals surface area contributed by atoms with Crippen molar-refractivity contribution >= 4 is 23.2 Å². The molecule has 0 spiro atoms. The van der Waals surface area contributed by atoms with E-state index in [1.54, 1.807) is 12.1 Å². The van der Waals surface area contributed by atoms with Gasteiger partial charge in [0.2, 0.25) is 0 Å². The molecule has 0 fully saturated rings. The van der Waals surface area contributed by atoms with Crippen LogP contribution in [0.1, 0.15) is 33.9 Å². The van der Waals surface area contributed by atoms with Crippen molar-refractivity contribution in [2.24, 2.45) is 4.99 Å². The van der Waals surface area contributed by atoms with Crippen molar-refractivity contribution in [1.82, 2.24) is 0 Å². The van der Waals surface area contributed by atoms with Gasteiger partial charge in [-0.1, -0.05) is 42.5 Å². The molecule has 3 aromatic rings. The first-order valence-corrected chi connectivity index (χ1v) is 9.83. The standard InChI is InChI=1S/C23H15F3N2S/c24-23(25,26)18-10-11-21-20(12-18)28-19(16-4-2-1-3-5-16)13-22(29-21)17-8-6-15(14-27)7-9-17/h1-12,22H,13H2. The van der Waals surface area contributed by atoms with Gasteiger partial charge in [-0.05, 0) is 41.5 Å². The van der Waals surface area contributed by atoms with E-state index < -0.39 is 11.7 Å². The lowest BCUT2D eigenvalue weighted by Gasteiger charge is -2.16. The summed E-state index contributed by atoms with van der Waals surface area (Å²) in [6.07, 6.45) is -3.85.